The van der Waals surface area contributed by atoms with Gasteiger partial charge < -0.3 is 0 Å². The van der Waals surface area contributed by atoms with Gasteiger partial charge in [0.15, 0.2) is 0 Å². The molecule has 0 aromatic heterocycles. The Bertz CT molecular complexity index is 155. The summed E-state index contributed by atoms with van der Waals surface area (Å²) in [5, 5.41) is 0. The lowest BCUT2D eigenvalue weighted by Gasteiger charge is -1.63. The first-order valence-electron chi connectivity index (χ1n) is 1.25. The summed E-state index contributed by atoms with van der Waals surface area (Å²) >= 11 is 0. The highest BCUT2D eigenvalue weighted by Gasteiger charge is 1.93. The van der Waals surface area contributed by atoms with Crippen LogP contribution in [0.2, 0.25) is 0 Å². The topological polar surface area (TPSA) is 112 Å². The Morgan fingerprint density at radius 3 is 1.33 bits per heavy atom. The van der Waals surface area contributed by atoms with E-state index in [1.165, 1.54) is 0 Å². The summed E-state index contributed by atoms with van der Waals surface area (Å²) in [7, 11) is -8.04. The molecule has 0 amide bonds. The molecule has 3 N–H and O–H groups in total. The Morgan fingerprint density at radius 1 is 1.33 bits per heavy atom. The second kappa shape index (κ2) is 4.71. The van der Waals surface area contributed by atoms with Crippen molar-refractivity contribution in [2.24, 2.45) is 0 Å². The molecule has 0 aliphatic heterocycles. The smallest absolute Gasteiger partial charge is 0.260 e. The highest BCUT2D eigenvalue weighted by atomic mass is 32.3. The zero-order valence-corrected chi connectivity index (χ0v) is 5.51. The molecule has 0 aliphatic carbocycles. The lowest BCUT2D eigenvalue weighted by molar-refractivity contribution is 0.405. The van der Waals surface area contributed by atoms with Crippen LogP contribution in [0.3, 0.4) is 0 Å². The molecule has 0 bridgehead atoms. The lowest BCUT2D eigenvalue weighted by atomic mass is 15.8. The molecule has 0 radical (unpaired) electrons. The minimum absolute atomic E-state index is 2.87. The van der Waals surface area contributed by atoms with Gasteiger partial charge >= 0.3 is 18.8 Å². The van der Waals surface area contributed by atoms with Gasteiger partial charge in [0.05, 0.1) is 0 Å². The molecule has 0 saturated heterocycles. The monoisotopic (exact) mass is 181 g/mol. The zero-order valence-electron chi connectivity index (χ0n) is 3.80. The summed E-state index contributed by atoms with van der Waals surface area (Å²) in [5.41, 5.74) is 0. The second-order valence-corrected chi connectivity index (χ2v) is 1.99. The van der Waals surface area contributed by atoms with Gasteiger partial charge in [-0.25, -0.2) is 0 Å². The lowest BCUT2D eigenvalue weighted by Crippen LogP contribution is -1.80. The maximum absolute atomic E-state index is 10.2. The normalized spacial score (nSPS) is 9.33. The van der Waals surface area contributed by atoms with Gasteiger partial charge in [-0.3, -0.25) is 4.55 Å². The van der Waals surface area contributed by atoms with E-state index in [1.807, 2.05) is 0 Å². The molecule has 0 saturated carbocycles. The summed E-state index contributed by atoms with van der Waals surface area (Å²) < 4.78 is 42.8. The molecular formula is H3FO6PS+. The summed E-state index contributed by atoms with van der Waals surface area (Å²) in [5.74, 6) is 0. The van der Waals surface area contributed by atoms with Gasteiger partial charge in [-0.2, -0.15) is 8.42 Å². The van der Waals surface area contributed by atoms with Gasteiger partial charge in [-0.1, -0.05) is 3.89 Å². The molecule has 0 atom stereocenters. The van der Waals surface area contributed by atoms with Crippen molar-refractivity contribution < 1.29 is 31.2 Å². The molecule has 56 valence electrons. The van der Waals surface area contributed by atoms with Gasteiger partial charge in [0.25, 0.3) is 0 Å². The van der Waals surface area contributed by atoms with E-state index < -0.39 is 18.8 Å². The highest BCUT2D eigenvalue weighted by Crippen LogP contribution is 1.98. The van der Waals surface area contributed by atoms with Gasteiger partial charge in [-0.15, -0.1) is 9.79 Å². The third-order valence-corrected chi connectivity index (χ3v) is 0. The fraction of sp³-hybridized carbons (Fsp3) is 0. The quantitative estimate of drug-likeness (QED) is 0.261. The van der Waals surface area contributed by atoms with Gasteiger partial charge in [0.1, 0.15) is 0 Å². The fourth-order valence-electron chi connectivity index (χ4n) is 0. The maximum Gasteiger partial charge on any atom is 0.692 e. The SMILES string of the molecule is O=S(=O)(O)F.O=[P+](O)O. The molecule has 9 heavy (non-hydrogen) atoms. The first kappa shape index (κ1) is 11.6. The van der Waals surface area contributed by atoms with Crippen LogP contribution < -0.4 is 0 Å². The van der Waals surface area contributed by atoms with Gasteiger partial charge in [0.2, 0.25) is 0 Å². The van der Waals surface area contributed by atoms with Gasteiger partial charge in [0, 0.05) is 4.57 Å². The van der Waals surface area contributed by atoms with Crippen molar-refractivity contribution in [3.63, 3.8) is 0 Å². The summed E-state index contributed by atoms with van der Waals surface area (Å²) in [4.78, 5) is 14.2. The van der Waals surface area contributed by atoms with Crippen molar-refractivity contribution in [1.82, 2.24) is 0 Å². The van der Waals surface area contributed by atoms with E-state index in [2.05, 4.69) is 0 Å². The van der Waals surface area contributed by atoms with Crippen LogP contribution >= 0.6 is 8.25 Å². The predicted octanol–water partition coefficient (Wildman–Crippen LogP) is -0.613. The van der Waals surface area contributed by atoms with E-state index in [1.54, 1.807) is 0 Å². The Kier molecular flexibility index (Phi) is 6.09. The maximum atomic E-state index is 10.2. The van der Waals surface area contributed by atoms with Crippen molar-refractivity contribution in [3.05, 3.63) is 0 Å². The number of hydrogen-bond donors (Lipinski definition) is 3. The fourth-order valence-corrected chi connectivity index (χ4v) is 0. The molecule has 0 unspecified atom stereocenters. The largest absolute Gasteiger partial charge is 0.692 e. The van der Waals surface area contributed by atoms with Crippen LogP contribution in [-0.2, 0) is 15.1 Å². The van der Waals surface area contributed by atoms with Crippen LogP contribution in [0, 0.1) is 0 Å². The first-order valence-corrected chi connectivity index (χ1v) is 3.76. The molecule has 0 aliphatic rings. The molecule has 0 aromatic carbocycles. The third kappa shape index (κ3) is 13800. The molecule has 6 nitrogen and oxygen atoms in total. The van der Waals surface area contributed by atoms with Crippen LogP contribution in [0.4, 0.5) is 3.89 Å². The average Bonchev–Trinajstić information content (AvgIpc) is 1.19. The van der Waals surface area contributed by atoms with E-state index in [-0.39, 0.29) is 0 Å². The van der Waals surface area contributed by atoms with E-state index in [9.17, 15) is 3.89 Å². The van der Waals surface area contributed by atoms with E-state index in [0.717, 1.165) is 0 Å². The van der Waals surface area contributed by atoms with Crippen molar-refractivity contribution in [2.45, 2.75) is 0 Å². The minimum Gasteiger partial charge on any atom is -0.260 e. The molecule has 0 fully saturated rings. The Labute approximate surface area is 50.9 Å². The van der Waals surface area contributed by atoms with Crippen LogP contribution in [-0.4, -0.2) is 22.8 Å². The van der Waals surface area contributed by atoms with Crippen molar-refractivity contribution in [3.8, 4) is 0 Å². The minimum atomic E-state index is -5.17. The van der Waals surface area contributed by atoms with Crippen LogP contribution in [0.25, 0.3) is 0 Å². The van der Waals surface area contributed by atoms with Crippen molar-refractivity contribution in [1.29, 1.82) is 0 Å². The molecule has 0 spiro atoms. The van der Waals surface area contributed by atoms with Crippen molar-refractivity contribution in [2.75, 3.05) is 0 Å². The Morgan fingerprint density at radius 2 is 1.33 bits per heavy atom. The Hall–Kier alpha value is -0.140. The van der Waals surface area contributed by atoms with E-state index in [4.69, 9.17) is 27.3 Å². The molecule has 0 aromatic rings. The van der Waals surface area contributed by atoms with E-state index >= 15 is 0 Å². The second-order valence-electron chi connectivity index (χ2n) is 0.665. The molecular weight excluding hydrogens is 178 g/mol. The highest BCUT2D eigenvalue weighted by molar-refractivity contribution is 7.80. The summed E-state index contributed by atoms with van der Waals surface area (Å²) in [6.07, 6.45) is 0. The first-order chi connectivity index (χ1) is 3.73. The summed E-state index contributed by atoms with van der Waals surface area (Å²) in [6, 6.07) is 0. The standard InChI is InChI=1S/FHO3S.HO3P/c1-5(2,3)4;1-4(2)3/h(H,2,3,4);(H-,1,2,3)/p+1. The third-order valence-electron chi connectivity index (χ3n) is 0. The number of hydrogen-bond acceptors (Lipinski definition) is 3. The molecule has 9 heteroatoms. The van der Waals surface area contributed by atoms with Crippen molar-refractivity contribution >= 4 is 18.8 Å². The van der Waals surface area contributed by atoms with E-state index in [0.29, 0.717) is 0 Å². The van der Waals surface area contributed by atoms with Gasteiger partial charge in [-0.05, 0) is 0 Å². The van der Waals surface area contributed by atoms with Crippen LogP contribution in [0.5, 0.6) is 0 Å². The number of rotatable bonds is 0. The predicted molar refractivity (Wildman–Crippen MR) is 24.7 cm³/mol. The Balaban J connectivity index is 0. The van der Waals surface area contributed by atoms with Crippen LogP contribution in [0.15, 0.2) is 0 Å². The zero-order chi connectivity index (χ0) is 8.08. The average molecular weight is 181 g/mol. The molecule has 0 heterocycles. The summed E-state index contributed by atoms with van der Waals surface area (Å²) in [6.45, 7) is 0. The number of halogens is 1. The van der Waals surface area contributed by atoms with Crippen LogP contribution in [0.1, 0.15) is 0 Å². The molecule has 0 rings (SSSR count).